The van der Waals surface area contributed by atoms with Gasteiger partial charge in [0.2, 0.25) is 0 Å². The summed E-state index contributed by atoms with van der Waals surface area (Å²) in [6.07, 6.45) is 6.71. The van der Waals surface area contributed by atoms with Gasteiger partial charge < -0.3 is 29.2 Å². The number of ether oxygens (including phenoxy) is 4. The Labute approximate surface area is 230 Å². The predicted octanol–water partition coefficient (Wildman–Crippen LogP) is 4.90. The molecule has 3 aromatic heterocycles. The Kier molecular flexibility index (Phi) is 8.67. The molecule has 1 N–H and O–H groups in total. The molecule has 1 amide bonds. The van der Waals surface area contributed by atoms with Gasteiger partial charge in [-0.05, 0) is 49.7 Å². The molecule has 3 heterocycles. The first-order valence-electron chi connectivity index (χ1n) is 12.1. The van der Waals surface area contributed by atoms with E-state index in [1.807, 2.05) is 56.4 Å². The highest BCUT2D eigenvalue weighted by Crippen LogP contribution is 2.38. The van der Waals surface area contributed by atoms with Crippen LogP contribution in [-0.4, -0.2) is 60.0 Å². The zero-order valence-electron chi connectivity index (χ0n) is 22.6. The molecule has 39 heavy (non-hydrogen) atoms. The predicted molar refractivity (Wildman–Crippen MR) is 151 cm³/mol. The minimum atomic E-state index is -0.448. The number of anilines is 2. The molecule has 12 heteroatoms. The lowest BCUT2D eigenvalue weighted by molar-refractivity contribution is 0.101. The zero-order valence-corrected chi connectivity index (χ0v) is 23.4. The Balaban J connectivity index is 1.52. The average molecular weight is 551 g/mol. The highest BCUT2D eigenvalue weighted by Gasteiger charge is 2.21. The van der Waals surface area contributed by atoms with Gasteiger partial charge in [0.05, 0.1) is 50.8 Å². The summed E-state index contributed by atoms with van der Waals surface area (Å²) >= 11 is 1.29. The summed E-state index contributed by atoms with van der Waals surface area (Å²) in [5, 5.41) is 8.98. The van der Waals surface area contributed by atoms with E-state index in [0.717, 1.165) is 16.9 Å². The molecule has 11 nitrogen and oxygen atoms in total. The van der Waals surface area contributed by atoms with E-state index in [1.165, 1.54) is 17.7 Å². The van der Waals surface area contributed by atoms with Crippen LogP contribution >= 0.6 is 11.5 Å². The van der Waals surface area contributed by atoms with Crippen molar-refractivity contribution in [3.05, 3.63) is 65.6 Å². The van der Waals surface area contributed by atoms with Crippen molar-refractivity contribution in [3.63, 3.8) is 0 Å². The fourth-order valence-electron chi connectivity index (χ4n) is 3.74. The summed E-state index contributed by atoms with van der Waals surface area (Å²) in [5.74, 6) is 2.55. The third-order valence-corrected chi connectivity index (χ3v) is 6.17. The molecule has 0 unspecified atom stereocenters. The van der Waals surface area contributed by atoms with Gasteiger partial charge in [-0.1, -0.05) is 0 Å². The van der Waals surface area contributed by atoms with Crippen molar-refractivity contribution >= 4 is 34.7 Å². The van der Waals surface area contributed by atoms with Gasteiger partial charge in [-0.15, -0.1) is 0 Å². The van der Waals surface area contributed by atoms with E-state index in [9.17, 15) is 4.79 Å². The third-order valence-electron chi connectivity index (χ3n) is 5.60. The second-order valence-electron chi connectivity index (χ2n) is 8.31. The fraction of sp³-hybridized carbons (Fsp3) is 0.259. The molecule has 0 bridgehead atoms. The standard InChI is InChI=1S/C27H30N6O5S/c1-7-21(19-11-22(35-5)23(36-6)12-20(19)32(3)4)38-18-9-10-25(28-14-18)30-27(34)26-24(37-8-2)15-33(31-26)17-13-29-39-16-17/h7,9-16H,8H2,1-6H3,(H,28,30,34)/b21-7+. The van der Waals surface area contributed by atoms with E-state index in [4.69, 9.17) is 18.9 Å². The molecule has 1 aromatic carbocycles. The van der Waals surface area contributed by atoms with E-state index in [1.54, 1.807) is 43.4 Å². The van der Waals surface area contributed by atoms with Gasteiger partial charge in [-0.2, -0.15) is 9.47 Å². The van der Waals surface area contributed by atoms with E-state index >= 15 is 0 Å². The molecular weight excluding hydrogens is 520 g/mol. The molecule has 0 spiro atoms. The number of carbonyl (C=O) groups is 1. The first-order valence-corrected chi connectivity index (χ1v) is 12.9. The largest absolute Gasteiger partial charge is 0.493 e. The Hall–Kier alpha value is -4.58. The molecule has 0 aliphatic rings. The van der Waals surface area contributed by atoms with Crippen molar-refractivity contribution in [3.8, 4) is 28.7 Å². The smallest absolute Gasteiger partial charge is 0.281 e. The van der Waals surface area contributed by atoms with Crippen molar-refractivity contribution in [2.45, 2.75) is 13.8 Å². The van der Waals surface area contributed by atoms with Crippen LogP contribution < -0.4 is 29.2 Å². The number of hydrogen-bond acceptors (Lipinski definition) is 10. The number of methoxy groups -OCH3 is 2. The van der Waals surface area contributed by atoms with Crippen molar-refractivity contribution < 1.29 is 23.7 Å². The molecule has 0 saturated carbocycles. The van der Waals surface area contributed by atoms with Crippen LogP contribution in [0.3, 0.4) is 0 Å². The number of hydrogen-bond donors (Lipinski definition) is 1. The third kappa shape index (κ3) is 6.12. The first kappa shape index (κ1) is 27.5. The molecular formula is C27H30N6O5S. The maximum atomic E-state index is 13.0. The van der Waals surface area contributed by atoms with Crippen LogP contribution in [0, 0.1) is 0 Å². The Morgan fingerprint density at radius 2 is 1.90 bits per heavy atom. The summed E-state index contributed by atoms with van der Waals surface area (Å²) in [4.78, 5) is 19.3. The quantitative estimate of drug-likeness (QED) is 0.261. The summed E-state index contributed by atoms with van der Waals surface area (Å²) in [5.41, 5.74) is 2.59. The van der Waals surface area contributed by atoms with E-state index in [0.29, 0.717) is 41.2 Å². The van der Waals surface area contributed by atoms with Gasteiger partial charge in [0.1, 0.15) is 17.3 Å². The lowest BCUT2D eigenvalue weighted by atomic mass is 10.1. The van der Waals surface area contributed by atoms with E-state index < -0.39 is 5.91 Å². The SMILES string of the molecule is C/C=C(/Oc1ccc(NC(=O)c2nn(-c3cnsc3)cc2OCC)nc1)c1cc(OC)c(OC)cc1N(C)C. The van der Waals surface area contributed by atoms with E-state index in [-0.39, 0.29) is 5.69 Å². The number of allylic oxidation sites excluding steroid dienone is 1. The topological polar surface area (TPSA) is 113 Å². The highest BCUT2D eigenvalue weighted by molar-refractivity contribution is 7.03. The van der Waals surface area contributed by atoms with Crippen LogP contribution in [0.2, 0.25) is 0 Å². The summed E-state index contributed by atoms with van der Waals surface area (Å²) in [6, 6.07) is 7.14. The number of nitrogens with one attached hydrogen (secondary N) is 1. The minimum Gasteiger partial charge on any atom is -0.493 e. The van der Waals surface area contributed by atoms with Crippen LogP contribution in [0.25, 0.3) is 11.4 Å². The maximum absolute atomic E-state index is 13.0. The van der Waals surface area contributed by atoms with Crippen molar-refractivity contribution in [2.75, 3.05) is 45.1 Å². The summed E-state index contributed by atoms with van der Waals surface area (Å²) in [7, 11) is 7.06. The van der Waals surface area contributed by atoms with Gasteiger partial charge in [0.25, 0.3) is 5.91 Å². The highest BCUT2D eigenvalue weighted by atomic mass is 32.1. The average Bonchev–Trinajstić information content (AvgIpc) is 3.62. The van der Waals surface area contributed by atoms with E-state index in [2.05, 4.69) is 19.8 Å². The first-order chi connectivity index (χ1) is 18.9. The van der Waals surface area contributed by atoms with Crippen LogP contribution in [0.15, 0.2) is 54.3 Å². The normalized spacial score (nSPS) is 11.2. The van der Waals surface area contributed by atoms with Crippen LogP contribution in [0.4, 0.5) is 11.5 Å². The number of pyridine rings is 1. The zero-order chi connectivity index (χ0) is 27.9. The number of aromatic nitrogens is 4. The molecule has 0 saturated heterocycles. The molecule has 0 radical (unpaired) electrons. The molecule has 0 atom stereocenters. The van der Waals surface area contributed by atoms with Gasteiger partial charge in [-0.25, -0.2) is 9.67 Å². The number of amides is 1. The van der Waals surface area contributed by atoms with Gasteiger partial charge in [-0.3, -0.25) is 4.79 Å². The second-order valence-corrected chi connectivity index (χ2v) is 8.97. The Bertz CT molecular complexity index is 1450. The fourth-order valence-corrected chi connectivity index (χ4v) is 4.25. The Morgan fingerprint density at radius 3 is 2.49 bits per heavy atom. The second kappa shape index (κ2) is 12.3. The minimum absolute atomic E-state index is 0.144. The van der Waals surface area contributed by atoms with Crippen molar-refractivity contribution in [1.29, 1.82) is 0 Å². The molecule has 4 aromatic rings. The van der Waals surface area contributed by atoms with Crippen LogP contribution in [0.5, 0.6) is 23.0 Å². The van der Waals surface area contributed by atoms with Gasteiger partial charge in [0, 0.05) is 31.1 Å². The molecule has 0 fully saturated rings. The monoisotopic (exact) mass is 550 g/mol. The summed E-state index contributed by atoms with van der Waals surface area (Å²) in [6.45, 7) is 4.11. The van der Waals surface area contributed by atoms with Crippen LogP contribution in [-0.2, 0) is 0 Å². The number of carbonyl (C=O) groups excluding carboxylic acids is 1. The van der Waals surface area contributed by atoms with Gasteiger partial charge in [0.15, 0.2) is 22.9 Å². The molecule has 204 valence electrons. The van der Waals surface area contributed by atoms with Crippen molar-refractivity contribution in [2.24, 2.45) is 0 Å². The van der Waals surface area contributed by atoms with Crippen molar-refractivity contribution in [1.82, 2.24) is 19.1 Å². The molecule has 0 aliphatic heterocycles. The lowest BCUT2D eigenvalue weighted by Crippen LogP contribution is -2.15. The maximum Gasteiger partial charge on any atom is 0.281 e. The lowest BCUT2D eigenvalue weighted by Gasteiger charge is -2.22. The number of benzene rings is 1. The van der Waals surface area contributed by atoms with Gasteiger partial charge >= 0.3 is 0 Å². The number of nitrogens with zero attached hydrogens (tertiary/aromatic N) is 5. The molecule has 4 rings (SSSR count). The van der Waals surface area contributed by atoms with Crippen LogP contribution in [0.1, 0.15) is 29.9 Å². The molecule has 0 aliphatic carbocycles. The summed E-state index contributed by atoms with van der Waals surface area (Å²) < 4.78 is 28.4. The Morgan fingerprint density at radius 1 is 1.13 bits per heavy atom. The number of rotatable bonds is 11.